The summed E-state index contributed by atoms with van der Waals surface area (Å²) in [5.41, 5.74) is 3.93. The number of hydrogen-bond donors (Lipinski definition) is 2. The van der Waals surface area contributed by atoms with Crippen LogP contribution >= 0.6 is 11.8 Å². The van der Waals surface area contributed by atoms with Gasteiger partial charge in [0, 0.05) is 17.8 Å². The number of thioether (sulfide) groups is 1. The second-order valence-electron chi connectivity index (χ2n) is 9.79. The molecule has 204 valence electrons. The van der Waals surface area contributed by atoms with Gasteiger partial charge in [-0.3, -0.25) is 19.3 Å². The molecule has 40 heavy (non-hydrogen) atoms. The Hall–Kier alpha value is -4.31. The van der Waals surface area contributed by atoms with E-state index < -0.39 is 11.9 Å². The van der Waals surface area contributed by atoms with Crippen molar-refractivity contribution in [3.8, 4) is 0 Å². The molecule has 0 fully saturated rings. The summed E-state index contributed by atoms with van der Waals surface area (Å²) in [5, 5.41) is 6.10. The maximum absolute atomic E-state index is 13.2. The second kappa shape index (κ2) is 11.8. The Morgan fingerprint density at radius 1 is 0.975 bits per heavy atom. The summed E-state index contributed by atoms with van der Waals surface area (Å²) in [6, 6.07) is 20.0. The number of rotatable bonds is 8. The zero-order valence-corrected chi connectivity index (χ0v) is 22.9. The first-order valence-electron chi connectivity index (χ1n) is 12.9. The van der Waals surface area contributed by atoms with Crippen molar-refractivity contribution in [2.24, 2.45) is 9.98 Å². The van der Waals surface area contributed by atoms with Gasteiger partial charge in [0.05, 0.1) is 17.9 Å². The Labute approximate surface area is 235 Å². The van der Waals surface area contributed by atoms with Crippen LogP contribution in [0.1, 0.15) is 42.9 Å². The normalized spacial score (nSPS) is 15.8. The molecule has 0 spiro atoms. The van der Waals surface area contributed by atoms with Crippen molar-refractivity contribution in [1.82, 2.24) is 10.2 Å². The minimum absolute atomic E-state index is 0.0500. The van der Waals surface area contributed by atoms with Crippen LogP contribution < -0.4 is 10.6 Å². The molecule has 1 atom stereocenters. The predicted molar refractivity (Wildman–Crippen MR) is 155 cm³/mol. The SMILES string of the molecule is CC(C)c1ccc(NC(=O)CSC2=Nc3ccccc3C3=NC(=O)C(CC(=O)NCc4ccc(F)cc4)N23)cc1. The molecule has 0 saturated heterocycles. The first kappa shape index (κ1) is 27.3. The quantitative estimate of drug-likeness (QED) is 0.406. The zero-order chi connectivity index (χ0) is 28.2. The van der Waals surface area contributed by atoms with Crippen LogP contribution in [0.5, 0.6) is 0 Å². The van der Waals surface area contributed by atoms with E-state index in [1.165, 1.54) is 29.5 Å². The van der Waals surface area contributed by atoms with Gasteiger partial charge in [-0.2, -0.15) is 4.99 Å². The van der Waals surface area contributed by atoms with Gasteiger partial charge in [0.2, 0.25) is 11.8 Å². The van der Waals surface area contributed by atoms with Gasteiger partial charge in [-0.25, -0.2) is 9.38 Å². The summed E-state index contributed by atoms with van der Waals surface area (Å²) in [6.45, 7) is 4.41. The molecule has 2 N–H and O–H groups in total. The molecule has 0 aromatic heterocycles. The Kier molecular flexibility index (Phi) is 8.06. The average Bonchev–Trinajstić information content (AvgIpc) is 3.27. The summed E-state index contributed by atoms with van der Waals surface area (Å²) in [5.74, 6) is -0.528. The lowest BCUT2D eigenvalue weighted by Crippen LogP contribution is -2.46. The van der Waals surface area contributed by atoms with Gasteiger partial charge in [-0.15, -0.1) is 0 Å². The third-order valence-corrected chi connectivity index (χ3v) is 7.54. The summed E-state index contributed by atoms with van der Waals surface area (Å²) in [7, 11) is 0. The second-order valence-corrected chi connectivity index (χ2v) is 10.7. The van der Waals surface area contributed by atoms with Crippen molar-refractivity contribution in [1.29, 1.82) is 0 Å². The van der Waals surface area contributed by atoms with Gasteiger partial charge < -0.3 is 10.6 Å². The number of amides is 3. The van der Waals surface area contributed by atoms with Crippen LogP contribution in [0.4, 0.5) is 15.8 Å². The molecule has 3 amide bonds. The van der Waals surface area contributed by atoms with Crippen LogP contribution in [0, 0.1) is 5.82 Å². The molecule has 0 saturated carbocycles. The molecule has 8 nitrogen and oxygen atoms in total. The lowest BCUT2D eigenvalue weighted by Gasteiger charge is -2.30. The van der Waals surface area contributed by atoms with Crippen molar-refractivity contribution in [2.75, 3.05) is 11.1 Å². The molecule has 0 radical (unpaired) electrons. The Morgan fingerprint density at radius 2 is 1.70 bits per heavy atom. The molecular formula is C30H28FN5O3S. The maximum atomic E-state index is 13.2. The molecule has 0 bridgehead atoms. The van der Waals surface area contributed by atoms with Gasteiger partial charge in [-0.1, -0.05) is 62.0 Å². The minimum Gasteiger partial charge on any atom is -0.352 e. The molecule has 1 unspecified atom stereocenters. The number of hydrogen-bond acceptors (Lipinski definition) is 6. The van der Waals surface area contributed by atoms with Crippen molar-refractivity contribution < 1.29 is 18.8 Å². The van der Waals surface area contributed by atoms with Crippen molar-refractivity contribution >= 4 is 51.9 Å². The molecule has 10 heteroatoms. The van der Waals surface area contributed by atoms with Crippen molar-refractivity contribution in [3.05, 3.63) is 95.3 Å². The third kappa shape index (κ3) is 6.12. The average molecular weight is 558 g/mol. The fraction of sp³-hybridized carbons (Fsp3) is 0.233. The van der Waals surface area contributed by atoms with Gasteiger partial charge in [0.1, 0.15) is 17.7 Å². The van der Waals surface area contributed by atoms with E-state index in [0.29, 0.717) is 33.9 Å². The monoisotopic (exact) mass is 557 g/mol. The van der Waals surface area contributed by atoms with Crippen molar-refractivity contribution in [2.45, 2.75) is 38.8 Å². The Bertz CT molecular complexity index is 1500. The largest absolute Gasteiger partial charge is 0.352 e. The fourth-order valence-electron chi connectivity index (χ4n) is 4.43. The number of carbonyl (C=O) groups excluding carboxylic acids is 3. The first-order chi connectivity index (χ1) is 19.3. The van der Waals surface area contributed by atoms with E-state index >= 15 is 0 Å². The fourth-order valence-corrected chi connectivity index (χ4v) is 5.28. The molecular weight excluding hydrogens is 529 g/mol. The lowest BCUT2D eigenvalue weighted by atomic mass is 10.0. The summed E-state index contributed by atoms with van der Waals surface area (Å²) >= 11 is 1.18. The highest BCUT2D eigenvalue weighted by Crippen LogP contribution is 2.35. The number of nitrogens with zero attached hydrogens (tertiary/aromatic N) is 3. The van der Waals surface area contributed by atoms with E-state index in [-0.39, 0.29) is 36.4 Å². The third-order valence-electron chi connectivity index (χ3n) is 6.58. The smallest absolute Gasteiger partial charge is 0.271 e. The highest BCUT2D eigenvalue weighted by atomic mass is 32.2. The number of anilines is 1. The number of aliphatic imine (C=N–C) groups is 2. The number of fused-ring (bicyclic) bond motifs is 3. The van der Waals surface area contributed by atoms with Gasteiger partial charge in [-0.05, 0) is 53.4 Å². The number of carbonyl (C=O) groups is 3. The molecule has 0 aliphatic carbocycles. The number of nitrogens with one attached hydrogen (secondary N) is 2. The van der Waals surface area contributed by atoms with Crippen LogP contribution in [-0.2, 0) is 20.9 Å². The Balaban J connectivity index is 1.28. The maximum Gasteiger partial charge on any atom is 0.271 e. The predicted octanol–water partition coefficient (Wildman–Crippen LogP) is 4.99. The molecule has 2 aliphatic heterocycles. The van der Waals surface area contributed by atoms with Crippen LogP contribution in [0.25, 0.3) is 0 Å². The minimum atomic E-state index is -0.894. The topological polar surface area (TPSA) is 103 Å². The molecule has 2 aliphatic rings. The number of para-hydroxylation sites is 1. The van der Waals surface area contributed by atoms with Gasteiger partial charge in [0.15, 0.2) is 5.17 Å². The van der Waals surface area contributed by atoms with Gasteiger partial charge in [0.25, 0.3) is 5.91 Å². The van der Waals surface area contributed by atoms with E-state index in [0.717, 1.165) is 5.56 Å². The van der Waals surface area contributed by atoms with Crippen molar-refractivity contribution in [3.63, 3.8) is 0 Å². The molecule has 3 aromatic carbocycles. The zero-order valence-electron chi connectivity index (χ0n) is 22.1. The van der Waals surface area contributed by atoms with Crippen LogP contribution in [-0.4, -0.2) is 45.4 Å². The van der Waals surface area contributed by atoms with E-state index in [4.69, 9.17) is 4.99 Å². The standard InChI is InChI=1S/C30H28FN5O3S/c1-18(2)20-9-13-22(14-10-20)33-27(38)17-40-30-34-24-6-4-3-5-23(24)28-35-29(39)25(36(28)30)15-26(37)32-16-19-7-11-21(31)12-8-19/h3-14,18,25H,15-17H2,1-2H3,(H,32,37)(H,33,38). The molecule has 5 rings (SSSR count). The van der Waals surface area contributed by atoms with Crippen LogP contribution in [0.3, 0.4) is 0 Å². The highest BCUT2D eigenvalue weighted by Gasteiger charge is 2.42. The first-order valence-corrected chi connectivity index (χ1v) is 13.9. The number of benzene rings is 3. The van der Waals surface area contributed by atoms with Gasteiger partial charge >= 0.3 is 0 Å². The summed E-state index contributed by atoms with van der Waals surface area (Å²) in [4.78, 5) is 49.2. The Morgan fingerprint density at radius 3 is 2.42 bits per heavy atom. The summed E-state index contributed by atoms with van der Waals surface area (Å²) in [6.07, 6.45) is -0.150. The molecule has 2 heterocycles. The van der Waals surface area contributed by atoms with E-state index in [2.05, 4.69) is 29.5 Å². The van der Waals surface area contributed by atoms with E-state index in [1.807, 2.05) is 48.5 Å². The number of halogens is 1. The highest BCUT2D eigenvalue weighted by molar-refractivity contribution is 8.14. The number of amidine groups is 2. The van der Waals surface area contributed by atoms with Crippen LogP contribution in [0.15, 0.2) is 82.8 Å². The van der Waals surface area contributed by atoms with Crippen LogP contribution in [0.2, 0.25) is 0 Å². The summed E-state index contributed by atoms with van der Waals surface area (Å²) < 4.78 is 13.2. The lowest BCUT2D eigenvalue weighted by molar-refractivity contribution is -0.126. The molecule has 3 aromatic rings. The van der Waals surface area contributed by atoms with E-state index in [1.54, 1.807) is 17.0 Å². The van der Waals surface area contributed by atoms with E-state index in [9.17, 15) is 18.8 Å².